The summed E-state index contributed by atoms with van der Waals surface area (Å²) in [4.78, 5) is 26.4. The molecular weight excluding hydrogens is 350 g/mol. The van der Waals surface area contributed by atoms with Crippen LogP contribution in [0.4, 0.5) is 0 Å². The second-order valence-electron chi connectivity index (χ2n) is 7.87. The Morgan fingerprint density at radius 1 is 1.00 bits per heavy atom. The van der Waals surface area contributed by atoms with E-state index in [-0.39, 0.29) is 29.6 Å². The van der Waals surface area contributed by atoms with Crippen LogP contribution >= 0.6 is 0 Å². The van der Waals surface area contributed by atoms with Crippen LogP contribution in [0.3, 0.4) is 0 Å². The van der Waals surface area contributed by atoms with Crippen molar-refractivity contribution in [2.75, 3.05) is 19.7 Å². The zero-order valence-corrected chi connectivity index (χ0v) is 16.7. The summed E-state index contributed by atoms with van der Waals surface area (Å²) in [5, 5.41) is 0. The lowest BCUT2D eigenvalue weighted by molar-refractivity contribution is -0.150. The summed E-state index contributed by atoms with van der Waals surface area (Å²) >= 11 is 0. The van der Waals surface area contributed by atoms with E-state index < -0.39 is 0 Å². The van der Waals surface area contributed by atoms with Gasteiger partial charge in [-0.05, 0) is 23.5 Å². The van der Waals surface area contributed by atoms with Gasteiger partial charge in [-0.2, -0.15) is 0 Å². The molecule has 1 aliphatic heterocycles. The van der Waals surface area contributed by atoms with E-state index in [9.17, 15) is 9.59 Å². The topological polar surface area (TPSA) is 46.6 Å². The van der Waals surface area contributed by atoms with Gasteiger partial charge in [-0.1, -0.05) is 74.5 Å². The molecule has 0 aromatic heterocycles. The van der Waals surface area contributed by atoms with Gasteiger partial charge in [-0.3, -0.25) is 9.59 Å². The first-order chi connectivity index (χ1) is 13.5. The molecule has 1 saturated heterocycles. The first-order valence-corrected chi connectivity index (χ1v) is 10.1. The van der Waals surface area contributed by atoms with Crippen LogP contribution in [-0.2, 0) is 14.3 Å². The molecule has 1 atom stereocenters. The van der Waals surface area contributed by atoms with Crippen LogP contribution in [-0.4, -0.2) is 42.4 Å². The minimum Gasteiger partial charge on any atom is -0.375 e. The van der Waals surface area contributed by atoms with Gasteiger partial charge in [0.05, 0.1) is 12.7 Å². The molecule has 2 aromatic rings. The van der Waals surface area contributed by atoms with E-state index in [4.69, 9.17) is 4.74 Å². The molecule has 2 aromatic carbocycles. The lowest BCUT2D eigenvalue weighted by Crippen LogP contribution is -2.48. The Kier molecular flexibility index (Phi) is 6.99. The Morgan fingerprint density at radius 2 is 1.57 bits per heavy atom. The lowest BCUT2D eigenvalue weighted by atomic mass is 9.86. The summed E-state index contributed by atoms with van der Waals surface area (Å²) in [5.74, 6) is -0.279. The molecule has 1 amide bonds. The van der Waals surface area contributed by atoms with Gasteiger partial charge >= 0.3 is 0 Å². The fourth-order valence-corrected chi connectivity index (χ4v) is 3.78. The zero-order valence-electron chi connectivity index (χ0n) is 16.7. The molecule has 0 bridgehead atoms. The third-order valence-electron chi connectivity index (χ3n) is 5.16. The summed E-state index contributed by atoms with van der Waals surface area (Å²) in [6, 6.07) is 20.8. The predicted octanol–water partition coefficient (Wildman–Crippen LogP) is 4.05. The summed E-state index contributed by atoms with van der Waals surface area (Å²) in [5.41, 5.74) is 2.47. The Morgan fingerprint density at radius 3 is 2.11 bits per heavy atom. The number of hydrogen-bond donors (Lipinski definition) is 0. The van der Waals surface area contributed by atoms with Crippen molar-refractivity contribution in [3.8, 4) is 0 Å². The van der Waals surface area contributed by atoms with Gasteiger partial charge in [-0.25, -0.2) is 0 Å². The smallest absolute Gasteiger partial charge is 0.290 e. The number of rotatable bonds is 7. The average Bonchev–Trinajstić information content (AvgIpc) is 2.72. The molecule has 4 nitrogen and oxygen atoms in total. The van der Waals surface area contributed by atoms with Crippen molar-refractivity contribution in [2.45, 2.75) is 38.7 Å². The normalized spacial score (nSPS) is 17.1. The SMILES string of the molecule is CC(C)CC(=O)C(=O)N1CCO[C@@H](CC(c2ccccc2)c2ccccc2)C1. The number of benzene rings is 2. The van der Waals surface area contributed by atoms with Crippen molar-refractivity contribution in [1.29, 1.82) is 0 Å². The number of carbonyl (C=O) groups is 2. The lowest BCUT2D eigenvalue weighted by Gasteiger charge is -2.34. The van der Waals surface area contributed by atoms with Gasteiger partial charge in [0.25, 0.3) is 5.91 Å². The molecule has 1 fully saturated rings. The second kappa shape index (κ2) is 9.65. The molecular formula is C24H29NO3. The number of morpholine rings is 1. The van der Waals surface area contributed by atoms with Gasteiger partial charge in [0, 0.05) is 25.4 Å². The highest BCUT2D eigenvalue weighted by molar-refractivity contribution is 6.36. The van der Waals surface area contributed by atoms with E-state index in [2.05, 4.69) is 24.3 Å². The number of carbonyl (C=O) groups excluding carboxylic acids is 2. The van der Waals surface area contributed by atoms with Crippen molar-refractivity contribution >= 4 is 11.7 Å². The van der Waals surface area contributed by atoms with Crippen LogP contribution in [0.1, 0.15) is 43.7 Å². The van der Waals surface area contributed by atoms with Crippen LogP contribution < -0.4 is 0 Å². The van der Waals surface area contributed by atoms with Crippen LogP contribution in [0.25, 0.3) is 0 Å². The van der Waals surface area contributed by atoms with E-state index in [0.717, 1.165) is 6.42 Å². The van der Waals surface area contributed by atoms with Crippen molar-refractivity contribution in [3.05, 3.63) is 71.8 Å². The van der Waals surface area contributed by atoms with Gasteiger partial charge < -0.3 is 9.64 Å². The standard InChI is InChI=1S/C24H29NO3/c1-18(2)15-23(26)24(27)25-13-14-28-21(17-25)16-22(19-9-5-3-6-10-19)20-11-7-4-8-12-20/h3-12,18,21-22H,13-17H2,1-2H3/t21-/m0/s1. The van der Waals surface area contributed by atoms with E-state index in [1.165, 1.54) is 11.1 Å². The van der Waals surface area contributed by atoms with Crippen molar-refractivity contribution in [1.82, 2.24) is 4.90 Å². The number of nitrogens with zero attached hydrogens (tertiary/aromatic N) is 1. The highest BCUT2D eigenvalue weighted by Crippen LogP contribution is 2.31. The third-order valence-corrected chi connectivity index (χ3v) is 5.16. The Bertz CT molecular complexity index is 733. The first kappa shape index (κ1) is 20.3. The molecule has 28 heavy (non-hydrogen) atoms. The number of hydrogen-bond acceptors (Lipinski definition) is 3. The van der Waals surface area contributed by atoms with Crippen LogP contribution in [0.15, 0.2) is 60.7 Å². The molecule has 1 heterocycles. The molecule has 0 spiro atoms. The fraction of sp³-hybridized carbons (Fsp3) is 0.417. The molecule has 0 aliphatic carbocycles. The minimum atomic E-state index is -0.363. The van der Waals surface area contributed by atoms with E-state index in [0.29, 0.717) is 26.1 Å². The number of ether oxygens (including phenoxy) is 1. The molecule has 0 N–H and O–H groups in total. The largest absolute Gasteiger partial charge is 0.375 e. The fourth-order valence-electron chi connectivity index (χ4n) is 3.78. The molecule has 0 saturated carbocycles. The van der Waals surface area contributed by atoms with Gasteiger partial charge in [0.1, 0.15) is 0 Å². The molecule has 0 radical (unpaired) electrons. The quantitative estimate of drug-likeness (QED) is 0.682. The van der Waals surface area contributed by atoms with Crippen molar-refractivity contribution in [3.63, 3.8) is 0 Å². The molecule has 3 rings (SSSR count). The van der Waals surface area contributed by atoms with E-state index in [1.807, 2.05) is 50.2 Å². The molecule has 4 heteroatoms. The van der Waals surface area contributed by atoms with Gasteiger partial charge in [-0.15, -0.1) is 0 Å². The van der Waals surface area contributed by atoms with Crippen molar-refractivity contribution < 1.29 is 14.3 Å². The van der Waals surface area contributed by atoms with Crippen LogP contribution in [0.5, 0.6) is 0 Å². The monoisotopic (exact) mass is 379 g/mol. The highest BCUT2D eigenvalue weighted by atomic mass is 16.5. The molecule has 148 valence electrons. The van der Waals surface area contributed by atoms with E-state index in [1.54, 1.807) is 4.90 Å². The van der Waals surface area contributed by atoms with Crippen LogP contribution in [0, 0.1) is 5.92 Å². The number of Topliss-reactive ketones (excluding diaryl/α,β-unsaturated/α-hetero) is 1. The maximum Gasteiger partial charge on any atom is 0.290 e. The first-order valence-electron chi connectivity index (χ1n) is 10.1. The van der Waals surface area contributed by atoms with Crippen LogP contribution in [0.2, 0.25) is 0 Å². The Labute approximate surface area is 167 Å². The summed E-state index contributed by atoms with van der Waals surface area (Å²) in [6.45, 7) is 5.34. The van der Waals surface area contributed by atoms with E-state index >= 15 is 0 Å². The highest BCUT2D eigenvalue weighted by Gasteiger charge is 2.30. The summed E-state index contributed by atoms with van der Waals surface area (Å²) < 4.78 is 5.99. The molecule has 0 unspecified atom stereocenters. The molecule has 1 aliphatic rings. The Hall–Kier alpha value is -2.46. The average molecular weight is 380 g/mol. The summed E-state index contributed by atoms with van der Waals surface area (Å²) in [6.07, 6.45) is 0.989. The minimum absolute atomic E-state index is 0.0880. The number of ketones is 1. The van der Waals surface area contributed by atoms with Gasteiger partial charge in [0.2, 0.25) is 5.78 Å². The number of amides is 1. The predicted molar refractivity (Wildman–Crippen MR) is 110 cm³/mol. The second-order valence-corrected chi connectivity index (χ2v) is 7.87. The Balaban J connectivity index is 1.72. The summed E-state index contributed by atoms with van der Waals surface area (Å²) in [7, 11) is 0. The maximum absolute atomic E-state index is 12.5. The van der Waals surface area contributed by atoms with Crippen molar-refractivity contribution in [2.24, 2.45) is 5.92 Å². The zero-order chi connectivity index (χ0) is 19.9. The third kappa shape index (κ3) is 5.29. The maximum atomic E-state index is 12.5. The van der Waals surface area contributed by atoms with Gasteiger partial charge in [0.15, 0.2) is 0 Å².